The number of nitrogens with zero attached hydrogens (tertiary/aromatic N) is 2. The van der Waals surface area contributed by atoms with Crippen LogP contribution in [0.1, 0.15) is 20.7 Å². The molecule has 0 saturated carbocycles. The highest BCUT2D eigenvalue weighted by Gasteiger charge is 2.19. The number of carboxylic acid groups (broad SMARTS) is 1. The fourth-order valence-corrected chi connectivity index (χ4v) is 7.14. The molecule has 0 aliphatic rings. The Bertz CT molecular complexity index is 2370. The first-order chi connectivity index (χ1) is 27.2. The standard InChI is InChI=1S/C19H17Cl2N3O4S.C19H16Cl2N2O5S/c1-12(9-14(21)11-23-2)28-18-8-5-15(10-17(18)19(22)25)24-29(26,27)16-6-3-13(20)4-7-16;1-12(9-14(21)11-22-2)28-18-8-5-15(10-17(18)19(24)25)23-29(26,27)16-6-3-13(20)4-7-16/h3-11,24H,1H2,2H3,(H2,22,25);3-11,23H,1H2,2H3,(H,24,25)/b14-9+,23-11?;14-9+,22-11?. The van der Waals surface area contributed by atoms with Crippen LogP contribution in [0, 0.1) is 0 Å². The Hall–Kier alpha value is -5.62. The second kappa shape index (κ2) is 21.2. The van der Waals surface area contributed by atoms with Crippen LogP contribution in [0.3, 0.4) is 0 Å². The van der Waals surface area contributed by atoms with E-state index in [1.165, 1.54) is 110 Å². The summed E-state index contributed by atoms with van der Waals surface area (Å²) in [5, 5.41) is 10.7. The fraction of sp³-hybridized carbons (Fsp3) is 0.0526. The molecule has 0 radical (unpaired) electrons. The van der Waals surface area contributed by atoms with Crippen LogP contribution in [-0.4, -0.2) is 60.3 Å². The first-order valence-corrected chi connectivity index (χ1v) is 20.4. The highest BCUT2D eigenvalue weighted by molar-refractivity contribution is 7.93. The SMILES string of the molecule is C=C(/C=C(/Cl)C=NC)Oc1ccc(NS(=O)(=O)c2ccc(Cl)cc2)cc1C(=O)O.C=C(/C=C(/Cl)C=NC)Oc1ccc(NS(=O)(=O)c2ccc(Cl)cc2)cc1C(N)=O. The number of nitrogens with two attached hydrogens (primary N) is 1. The smallest absolute Gasteiger partial charge is 0.339 e. The number of primary amides is 1. The second-order valence-corrected chi connectivity index (χ2v) is 16.3. The van der Waals surface area contributed by atoms with E-state index in [0.717, 1.165) is 6.07 Å². The Labute approximate surface area is 354 Å². The molecule has 0 atom stereocenters. The maximum atomic E-state index is 12.5. The van der Waals surface area contributed by atoms with Crippen molar-refractivity contribution in [3.05, 3.63) is 153 Å². The van der Waals surface area contributed by atoms with E-state index in [9.17, 15) is 31.5 Å². The Morgan fingerprint density at radius 2 is 1.03 bits per heavy atom. The summed E-state index contributed by atoms with van der Waals surface area (Å²) < 4.78 is 65.5. The van der Waals surface area contributed by atoms with Gasteiger partial charge in [-0.3, -0.25) is 24.2 Å². The van der Waals surface area contributed by atoms with E-state index in [1.54, 1.807) is 7.05 Å². The minimum absolute atomic E-state index is 0.00796. The van der Waals surface area contributed by atoms with Crippen molar-refractivity contribution in [3.8, 4) is 11.5 Å². The minimum Gasteiger partial charge on any atom is -0.478 e. The molecular formula is C38H33Cl4N5O9S2. The second-order valence-electron chi connectivity index (χ2n) is 11.2. The zero-order valence-electron chi connectivity index (χ0n) is 30.3. The van der Waals surface area contributed by atoms with Gasteiger partial charge in [0.1, 0.15) is 28.6 Å². The molecule has 0 heterocycles. The topological polar surface area (TPSA) is 216 Å². The zero-order valence-corrected chi connectivity index (χ0v) is 35.0. The number of aliphatic imine (C=N–C) groups is 2. The van der Waals surface area contributed by atoms with Crippen LogP contribution in [0.2, 0.25) is 10.0 Å². The van der Waals surface area contributed by atoms with Gasteiger partial charge in [0.15, 0.2) is 0 Å². The van der Waals surface area contributed by atoms with Gasteiger partial charge in [0.2, 0.25) is 0 Å². The first kappa shape index (κ1) is 46.8. The van der Waals surface area contributed by atoms with Gasteiger partial charge in [0, 0.05) is 60.1 Å². The van der Waals surface area contributed by atoms with Gasteiger partial charge in [-0.25, -0.2) is 21.6 Å². The number of carbonyl (C=O) groups excluding carboxylic acids is 1. The number of carbonyl (C=O) groups is 2. The number of allylic oxidation sites excluding steroid dienone is 4. The van der Waals surface area contributed by atoms with Crippen LogP contribution in [0.15, 0.2) is 152 Å². The fourth-order valence-electron chi connectivity index (χ4n) is 4.35. The van der Waals surface area contributed by atoms with E-state index >= 15 is 0 Å². The third kappa shape index (κ3) is 14.4. The highest BCUT2D eigenvalue weighted by Crippen LogP contribution is 2.28. The Kier molecular flexibility index (Phi) is 17.1. The lowest BCUT2D eigenvalue weighted by Crippen LogP contribution is -2.16. The molecule has 0 aromatic heterocycles. The number of ether oxygens (including phenoxy) is 2. The summed E-state index contributed by atoms with van der Waals surface area (Å²) in [5.41, 5.74) is 5.25. The number of rotatable bonds is 16. The van der Waals surface area contributed by atoms with Crippen LogP contribution in [-0.2, 0) is 20.0 Å². The molecular weight excluding hydrogens is 876 g/mol. The molecule has 20 heteroatoms. The number of hydrogen-bond acceptors (Lipinski definition) is 10. The van der Waals surface area contributed by atoms with E-state index in [4.69, 9.17) is 61.6 Å². The Morgan fingerprint density at radius 1 is 0.672 bits per heavy atom. The molecule has 0 fully saturated rings. The molecule has 0 spiro atoms. The summed E-state index contributed by atoms with van der Waals surface area (Å²) >= 11 is 23.3. The van der Waals surface area contributed by atoms with Gasteiger partial charge >= 0.3 is 5.97 Å². The van der Waals surface area contributed by atoms with E-state index in [-0.39, 0.29) is 65.4 Å². The van der Waals surface area contributed by atoms with E-state index < -0.39 is 31.9 Å². The molecule has 0 unspecified atom stereocenters. The number of sulfonamides is 2. The molecule has 58 heavy (non-hydrogen) atoms. The monoisotopic (exact) mass is 907 g/mol. The lowest BCUT2D eigenvalue weighted by atomic mass is 10.1. The molecule has 0 bridgehead atoms. The lowest BCUT2D eigenvalue weighted by molar-refractivity contribution is 0.0693. The van der Waals surface area contributed by atoms with Gasteiger partial charge in [-0.15, -0.1) is 0 Å². The molecule has 1 amide bonds. The van der Waals surface area contributed by atoms with Crippen LogP contribution in [0.5, 0.6) is 11.5 Å². The summed E-state index contributed by atoms with van der Waals surface area (Å²) in [4.78, 5) is 30.9. The summed E-state index contributed by atoms with van der Waals surface area (Å²) in [7, 11) is -4.74. The summed E-state index contributed by atoms with van der Waals surface area (Å²) in [6.07, 6.45) is 5.51. The van der Waals surface area contributed by atoms with Gasteiger partial charge in [0.25, 0.3) is 26.0 Å². The van der Waals surface area contributed by atoms with E-state index in [1.807, 2.05) is 0 Å². The van der Waals surface area contributed by atoms with Crippen LogP contribution in [0.25, 0.3) is 0 Å². The van der Waals surface area contributed by atoms with Crippen molar-refractivity contribution in [1.82, 2.24) is 0 Å². The van der Waals surface area contributed by atoms with Gasteiger partial charge in [-0.1, -0.05) is 59.6 Å². The zero-order chi connectivity index (χ0) is 43.2. The normalized spacial score (nSPS) is 12.0. The maximum Gasteiger partial charge on any atom is 0.339 e. The molecule has 14 nitrogen and oxygen atoms in total. The van der Waals surface area contributed by atoms with Gasteiger partial charge in [-0.2, -0.15) is 0 Å². The average Bonchev–Trinajstić information content (AvgIpc) is 3.13. The van der Waals surface area contributed by atoms with Crippen molar-refractivity contribution in [2.24, 2.45) is 15.7 Å². The predicted octanol–water partition coefficient (Wildman–Crippen LogP) is 8.51. The van der Waals surface area contributed by atoms with Gasteiger partial charge in [-0.05, 0) is 84.9 Å². The number of benzene rings is 4. The largest absolute Gasteiger partial charge is 0.478 e. The summed E-state index contributed by atoms with van der Waals surface area (Å²) in [6, 6.07) is 19.0. The molecule has 0 aliphatic heterocycles. The molecule has 4 aromatic rings. The molecule has 4 aromatic carbocycles. The van der Waals surface area contributed by atoms with E-state index in [2.05, 4.69) is 32.6 Å². The molecule has 0 saturated heterocycles. The third-order valence-electron chi connectivity index (χ3n) is 6.79. The number of aromatic carboxylic acids is 1. The number of halogens is 4. The predicted molar refractivity (Wildman–Crippen MR) is 229 cm³/mol. The summed E-state index contributed by atoms with van der Waals surface area (Å²) in [6.45, 7) is 7.32. The number of carboxylic acids is 1. The quantitative estimate of drug-likeness (QED) is 0.0481. The Morgan fingerprint density at radius 3 is 1.38 bits per heavy atom. The van der Waals surface area contributed by atoms with Gasteiger partial charge in [0.05, 0.1) is 25.4 Å². The van der Waals surface area contributed by atoms with Crippen molar-refractivity contribution in [2.45, 2.75) is 9.79 Å². The average molecular weight is 910 g/mol. The summed E-state index contributed by atoms with van der Waals surface area (Å²) in [5.74, 6) is -1.87. The van der Waals surface area contributed by atoms with E-state index in [0.29, 0.717) is 10.0 Å². The minimum atomic E-state index is -3.93. The molecule has 4 rings (SSSR count). The molecule has 304 valence electrons. The lowest BCUT2D eigenvalue weighted by Gasteiger charge is -2.13. The number of amides is 1. The van der Waals surface area contributed by atoms with Gasteiger partial charge < -0.3 is 20.3 Å². The number of anilines is 2. The van der Waals surface area contributed by atoms with Crippen LogP contribution in [0.4, 0.5) is 11.4 Å². The third-order valence-corrected chi connectivity index (χ3v) is 10.5. The molecule has 5 N–H and O–H groups in total. The Balaban J connectivity index is 0.000000310. The van der Waals surface area contributed by atoms with Crippen molar-refractivity contribution >= 4 is 102 Å². The van der Waals surface area contributed by atoms with Crippen molar-refractivity contribution in [2.75, 3.05) is 23.5 Å². The molecule has 0 aliphatic carbocycles. The highest BCUT2D eigenvalue weighted by atomic mass is 35.5. The van der Waals surface area contributed by atoms with Crippen LogP contribution < -0.4 is 24.7 Å². The van der Waals surface area contributed by atoms with Crippen molar-refractivity contribution in [3.63, 3.8) is 0 Å². The number of hydrogen-bond donors (Lipinski definition) is 4. The maximum absolute atomic E-state index is 12.5. The number of nitrogens with one attached hydrogen (secondary N) is 2. The van der Waals surface area contributed by atoms with Crippen molar-refractivity contribution < 1.29 is 41.0 Å². The van der Waals surface area contributed by atoms with Crippen molar-refractivity contribution in [1.29, 1.82) is 0 Å². The first-order valence-electron chi connectivity index (χ1n) is 15.9. The van der Waals surface area contributed by atoms with Crippen LogP contribution >= 0.6 is 46.4 Å².